The maximum absolute atomic E-state index is 13.0. The minimum Gasteiger partial charge on any atom is -0.459 e. The van der Waals surface area contributed by atoms with Crippen LogP contribution >= 0.6 is 0 Å². The first-order chi connectivity index (χ1) is 15.2. The van der Waals surface area contributed by atoms with E-state index < -0.39 is 0 Å². The minimum atomic E-state index is -0.121. The highest BCUT2D eigenvalue weighted by molar-refractivity contribution is 5.95. The van der Waals surface area contributed by atoms with Gasteiger partial charge in [0.25, 0.3) is 5.91 Å². The molecule has 2 aliphatic heterocycles. The molecule has 3 aromatic rings. The van der Waals surface area contributed by atoms with Gasteiger partial charge in [0.1, 0.15) is 0 Å². The first kappa shape index (κ1) is 19.4. The fraction of sp³-hybridized carbons (Fsp3) is 0.280. The van der Waals surface area contributed by atoms with Gasteiger partial charge in [0.15, 0.2) is 5.76 Å². The van der Waals surface area contributed by atoms with Crippen molar-refractivity contribution in [3.8, 4) is 11.1 Å². The highest BCUT2D eigenvalue weighted by atomic mass is 16.3. The molecule has 0 radical (unpaired) electrons. The number of carbonyl (C=O) groups excluding carboxylic acids is 2. The van der Waals surface area contributed by atoms with Crippen LogP contribution in [0.15, 0.2) is 71.3 Å². The van der Waals surface area contributed by atoms with Crippen LogP contribution in [0, 0.1) is 0 Å². The van der Waals surface area contributed by atoms with Gasteiger partial charge in [0, 0.05) is 31.4 Å². The molecule has 1 saturated heterocycles. The zero-order valence-electron chi connectivity index (χ0n) is 17.3. The van der Waals surface area contributed by atoms with Gasteiger partial charge in [-0.05, 0) is 60.2 Å². The molecule has 1 atom stereocenters. The van der Waals surface area contributed by atoms with Gasteiger partial charge in [-0.25, -0.2) is 4.79 Å². The van der Waals surface area contributed by atoms with E-state index in [9.17, 15) is 9.59 Å². The molecule has 31 heavy (non-hydrogen) atoms. The Hall–Kier alpha value is -3.54. The number of nitrogens with one attached hydrogen (secondary N) is 1. The molecule has 3 amide bonds. The molecule has 1 aromatic heterocycles. The van der Waals surface area contributed by atoms with Crippen molar-refractivity contribution in [3.05, 3.63) is 78.3 Å². The Balaban J connectivity index is 1.25. The van der Waals surface area contributed by atoms with E-state index in [1.807, 2.05) is 29.2 Å². The molecule has 0 bridgehead atoms. The van der Waals surface area contributed by atoms with Crippen molar-refractivity contribution in [1.29, 1.82) is 0 Å². The molecular formula is C25H25N3O3. The third-order valence-electron chi connectivity index (χ3n) is 6.10. The van der Waals surface area contributed by atoms with Crippen molar-refractivity contribution >= 4 is 17.6 Å². The van der Waals surface area contributed by atoms with E-state index in [-0.39, 0.29) is 18.0 Å². The van der Waals surface area contributed by atoms with Crippen molar-refractivity contribution < 1.29 is 14.0 Å². The number of urea groups is 1. The summed E-state index contributed by atoms with van der Waals surface area (Å²) >= 11 is 0. The second-order valence-electron chi connectivity index (χ2n) is 8.13. The van der Waals surface area contributed by atoms with Crippen molar-refractivity contribution in [2.24, 2.45) is 0 Å². The molecular weight excluding hydrogens is 390 g/mol. The zero-order valence-corrected chi connectivity index (χ0v) is 17.3. The first-order valence-corrected chi connectivity index (χ1v) is 10.8. The van der Waals surface area contributed by atoms with Gasteiger partial charge in [0.05, 0.1) is 6.26 Å². The van der Waals surface area contributed by atoms with E-state index in [2.05, 4.69) is 29.6 Å². The standard InChI is InChI=1S/C25H25N3O3/c29-24(23-9-5-15-31-23)27-13-4-8-21(17-27)26-25(30)28-14-12-20-16-19(10-11-22(20)28)18-6-2-1-3-7-18/h1-3,5-7,9-11,15-16,21H,4,8,12-14,17H2,(H,26,30). The Morgan fingerprint density at radius 3 is 2.65 bits per heavy atom. The smallest absolute Gasteiger partial charge is 0.322 e. The number of furan rings is 1. The van der Waals surface area contributed by atoms with Gasteiger partial charge >= 0.3 is 6.03 Å². The summed E-state index contributed by atoms with van der Waals surface area (Å²) in [6.07, 6.45) is 4.07. The van der Waals surface area contributed by atoms with Gasteiger partial charge in [-0.1, -0.05) is 36.4 Å². The number of rotatable bonds is 3. The van der Waals surface area contributed by atoms with Gasteiger partial charge < -0.3 is 14.6 Å². The van der Waals surface area contributed by atoms with Gasteiger partial charge in [-0.15, -0.1) is 0 Å². The van der Waals surface area contributed by atoms with Crippen LogP contribution in [0.4, 0.5) is 10.5 Å². The summed E-state index contributed by atoms with van der Waals surface area (Å²) < 4.78 is 5.24. The molecule has 1 N–H and O–H groups in total. The van der Waals surface area contributed by atoms with Crippen molar-refractivity contribution in [2.75, 3.05) is 24.5 Å². The molecule has 2 aromatic carbocycles. The largest absolute Gasteiger partial charge is 0.459 e. The quantitative estimate of drug-likeness (QED) is 0.693. The van der Waals surface area contributed by atoms with Crippen LogP contribution in [0.5, 0.6) is 0 Å². The van der Waals surface area contributed by atoms with E-state index in [1.54, 1.807) is 17.0 Å². The molecule has 2 aliphatic rings. The van der Waals surface area contributed by atoms with Crippen LogP contribution in [-0.2, 0) is 6.42 Å². The molecule has 0 aliphatic carbocycles. The fourth-order valence-corrected chi connectivity index (χ4v) is 4.51. The average molecular weight is 415 g/mol. The van der Waals surface area contributed by atoms with Crippen LogP contribution in [-0.4, -0.2) is 42.5 Å². The molecule has 0 spiro atoms. The van der Waals surface area contributed by atoms with Crippen molar-refractivity contribution in [1.82, 2.24) is 10.2 Å². The van der Waals surface area contributed by atoms with Crippen LogP contribution in [0.2, 0.25) is 0 Å². The Kier molecular flexibility index (Phi) is 5.20. The number of amides is 3. The number of carbonyl (C=O) groups is 2. The molecule has 6 nitrogen and oxygen atoms in total. The second-order valence-corrected chi connectivity index (χ2v) is 8.13. The van der Waals surface area contributed by atoms with Crippen LogP contribution < -0.4 is 10.2 Å². The third-order valence-corrected chi connectivity index (χ3v) is 6.10. The SMILES string of the molecule is O=C(c1ccco1)N1CCCC(NC(=O)N2CCc3cc(-c4ccccc4)ccc32)C1. The Bertz CT molecular complexity index is 1080. The van der Waals surface area contributed by atoms with E-state index >= 15 is 0 Å². The monoisotopic (exact) mass is 415 g/mol. The lowest BCUT2D eigenvalue weighted by atomic mass is 10.0. The summed E-state index contributed by atoms with van der Waals surface area (Å²) in [6.45, 7) is 1.85. The van der Waals surface area contributed by atoms with Crippen molar-refractivity contribution in [3.63, 3.8) is 0 Å². The number of likely N-dealkylation sites (tertiary alicyclic amines) is 1. The van der Waals surface area contributed by atoms with Crippen molar-refractivity contribution in [2.45, 2.75) is 25.3 Å². The van der Waals surface area contributed by atoms with E-state index in [0.717, 1.165) is 24.9 Å². The number of hydrogen-bond acceptors (Lipinski definition) is 3. The minimum absolute atomic E-state index is 0.0622. The van der Waals surface area contributed by atoms with Crippen LogP contribution in [0.1, 0.15) is 29.0 Å². The van der Waals surface area contributed by atoms with Gasteiger partial charge in [-0.3, -0.25) is 9.69 Å². The second kappa shape index (κ2) is 8.30. The molecule has 5 rings (SSSR count). The van der Waals surface area contributed by atoms with E-state index in [0.29, 0.717) is 25.4 Å². The molecule has 1 unspecified atom stereocenters. The van der Waals surface area contributed by atoms with Gasteiger partial charge in [-0.2, -0.15) is 0 Å². The number of piperidine rings is 1. The summed E-state index contributed by atoms with van der Waals surface area (Å²) in [4.78, 5) is 29.2. The average Bonchev–Trinajstić information content (AvgIpc) is 3.49. The molecule has 6 heteroatoms. The summed E-state index contributed by atoms with van der Waals surface area (Å²) in [7, 11) is 0. The predicted octanol–water partition coefficient (Wildman–Crippen LogP) is 4.32. The van der Waals surface area contributed by atoms with Gasteiger partial charge in [0.2, 0.25) is 0 Å². The number of anilines is 1. The van der Waals surface area contributed by atoms with Crippen LogP contribution in [0.3, 0.4) is 0 Å². The molecule has 3 heterocycles. The first-order valence-electron chi connectivity index (χ1n) is 10.8. The Labute approximate surface area is 181 Å². The maximum Gasteiger partial charge on any atom is 0.322 e. The molecule has 1 fully saturated rings. The summed E-state index contributed by atoms with van der Waals surface area (Å²) in [5, 5.41) is 3.14. The zero-order chi connectivity index (χ0) is 21.2. The normalized spacial score (nSPS) is 18.0. The fourth-order valence-electron chi connectivity index (χ4n) is 4.51. The summed E-state index contributed by atoms with van der Waals surface area (Å²) in [6, 6.07) is 19.8. The predicted molar refractivity (Wildman–Crippen MR) is 119 cm³/mol. The number of fused-ring (bicyclic) bond motifs is 1. The lowest BCUT2D eigenvalue weighted by molar-refractivity contribution is 0.0666. The molecule has 158 valence electrons. The number of hydrogen-bond donors (Lipinski definition) is 1. The van der Waals surface area contributed by atoms with Crippen LogP contribution in [0.25, 0.3) is 11.1 Å². The lowest BCUT2D eigenvalue weighted by Crippen LogP contribution is -2.52. The highest BCUT2D eigenvalue weighted by Crippen LogP contribution is 2.32. The van der Waals surface area contributed by atoms with E-state index in [4.69, 9.17) is 4.42 Å². The summed E-state index contributed by atoms with van der Waals surface area (Å²) in [5.74, 6) is 0.221. The Morgan fingerprint density at radius 2 is 1.84 bits per heavy atom. The van der Waals surface area contributed by atoms with E-state index in [1.165, 1.54) is 23.0 Å². The molecule has 0 saturated carbocycles. The third kappa shape index (κ3) is 3.93. The number of benzene rings is 2. The lowest BCUT2D eigenvalue weighted by Gasteiger charge is -2.33. The summed E-state index contributed by atoms with van der Waals surface area (Å²) in [5.41, 5.74) is 4.50. The Morgan fingerprint density at radius 1 is 0.968 bits per heavy atom. The topological polar surface area (TPSA) is 65.8 Å². The number of nitrogens with zero attached hydrogens (tertiary/aromatic N) is 2. The highest BCUT2D eigenvalue weighted by Gasteiger charge is 2.30. The maximum atomic E-state index is 13.0.